The zero-order valence-corrected chi connectivity index (χ0v) is 6.97. The van der Waals surface area contributed by atoms with Gasteiger partial charge in [0.05, 0.1) is 12.7 Å². The Morgan fingerprint density at radius 1 is 1.60 bits per heavy atom. The minimum absolute atomic E-state index is 0.557. The van der Waals surface area contributed by atoms with Gasteiger partial charge in [-0.2, -0.15) is 0 Å². The summed E-state index contributed by atoms with van der Waals surface area (Å²) in [6.45, 7) is 9.54. The lowest BCUT2D eigenvalue weighted by Gasteiger charge is -2.11. The Morgan fingerprint density at radius 2 is 2.20 bits per heavy atom. The Bertz CT molecular complexity index is 90.9. The summed E-state index contributed by atoms with van der Waals surface area (Å²) >= 11 is 0. The number of hydrogen-bond donors (Lipinski definition) is 0. The van der Waals surface area contributed by atoms with Crippen molar-refractivity contribution in [2.45, 2.75) is 32.8 Å². The van der Waals surface area contributed by atoms with Crippen LogP contribution >= 0.6 is 0 Å². The first kappa shape index (κ1) is 8.06. The molecule has 2 atom stereocenters. The van der Waals surface area contributed by atoms with Crippen LogP contribution < -0.4 is 0 Å². The highest BCUT2D eigenvalue weighted by atomic mass is 16.6. The van der Waals surface area contributed by atoms with Crippen LogP contribution in [0, 0.1) is 18.8 Å². The van der Waals surface area contributed by atoms with Gasteiger partial charge >= 0.3 is 0 Å². The van der Waals surface area contributed by atoms with Gasteiger partial charge in [0.15, 0.2) is 0 Å². The molecule has 1 rings (SSSR count). The molecule has 1 aliphatic heterocycles. The third-order valence-corrected chi connectivity index (χ3v) is 1.80. The first-order valence-corrected chi connectivity index (χ1v) is 4.13. The van der Waals surface area contributed by atoms with Crippen LogP contribution in [0.4, 0.5) is 0 Å². The fraction of sp³-hybridized carbons (Fsp3) is 0.889. The van der Waals surface area contributed by atoms with E-state index in [9.17, 15) is 0 Å². The van der Waals surface area contributed by atoms with Gasteiger partial charge in [-0.1, -0.05) is 20.8 Å². The third-order valence-electron chi connectivity index (χ3n) is 1.80. The summed E-state index contributed by atoms with van der Waals surface area (Å²) in [6, 6.07) is 0. The molecule has 1 saturated heterocycles. The topological polar surface area (TPSA) is 12.5 Å². The van der Waals surface area contributed by atoms with E-state index in [1.807, 2.05) is 0 Å². The highest BCUT2D eigenvalue weighted by molar-refractivity contribution is 4.75. The van der Waals surface area contributed by atoms with Gasteiger partial charge in [-0.25, -0.2) is 0 Å². The second kappa shape index (κ2) is 3.38. The molecule has 1 radical (unpaired) electrons. The molecule has 1 aliphatic rings. The molecule has 1 fully saturated rings. The Balaban J connectivity index is 2.02. The first-order chi connectivity index (χ1) is 4.68. The molecule has 1 heterocycles. The predicted molar refractivity (Wildman–Crippen MR) is 42.7 cm³/mol. The van der Waals surface area contributed by atoms with E-state index in [2.05, 4.69) is 20.8 Å². The van der Waals surface area contributed by atoms with Gasteiger partial charge in [0, 0.05) is 0 Å². The van der Waals surface area contributed by atoms with E-state index in [1.54, 1.807) is 0 Å². The van der Waals surface area contributed by atoms with Crippen molar-refractivity contribution in [2.75, 3.05) is 6.61 Å². The van der Waals surface area contributed by atoms with Crippen LogP contribution in [-0.2, 0) is 4.74 Å². The molecule has 0 saturated carbocycles. The molecule has 0 bridgehead atoms. The van der Waals surface area contributed by atoms with Crippen LogP contribution in [0.5, 0.6) is 0 Å². The molecule has 0 aromatic heterocycles. The first-order valence-electron chi connectivity index (χ1n) is 4.13. The van der Waals surface area contributed by atoms with Gasteiger partial charge in [0.1, 0.15) is 0 Å². The zero-order valence-electron chi connectivity index (χ0n) is 6.97. The van der Waals surface area contributed by atoms with Crippen molar-refractivity contribution in [1.29, 1.82) is 0 Å². The lowest BCUT2D eigenvalue weighted by Crippen LogP contribution is -2.03. The van der Waals surface area contributed by atoms with Gasteiger partial charge < -0.3 is 4.74 Å². The quantitative estimate of drug-likeness (QED) is 0.547. The Morgan fingerprint density at radius 3 is 2.60 bits per heavy atom. The fourth-order valence-electron chi connectivity index (χ4n) is 1.34. The molecule has 1 nitrogen and oxygen atoms in total. The summed E-state index contributed by atoms with van der Waals surface area (Å²) < 4.78 is 5.12. The summed E-state index contributed by atoms with van der Waals surface area (Å²) in [5.74, 6) is 1.38. The van der Waals surface area contributed by atoms with Crippen LogP contribution in [0.1, 0.15) is 26.7 Å². The molecule has 0 aliphatic carbocycles. The van der Waals surface area contributed by atoms with Gasteiger partial charge in [0.25, 0.3) is 0 Å². The molecule has 0 aromatic carbocycles. The van der Waals surface area contributed by atoms with Crippen molar-refractivity contribution in [3.8, 4) is 0 Å². The molecule has 0 N–H and O–H groups in total. The maximum Gasteiger partial charge on any atom is 0.0812 e. The molecule has 0 aromatic rings. The predicted octanol–water partition coefficient (Wildman–Crippen LogP) is 2.27. The molecule has 10 heavy (non-hydrogen) atoms. The highest BCUT2D eigenvalue weighted by Gasteiger charge is 2.24. The summed E-state index contributed by atoms with van der Waals surface area (Å²) in [4.78, 5) is 0. The molecular weight excluding hydrogens is 124 g/mol. The van der Waals surface area contributed by atoms with Gasteiger partial charge in [-0.05, 0) is 24.7 Å². The summed E-state index contributed by atoms with van der Waals surface area (Å²) in [6.07, 6.45) is 2.96. The maximum atomic E-state index is 5.12. The average molecular weight is 141 g/mol. The van der Waals surface area contributed by atoms with Crippen LogP contribution in [-0.4, -0.2) is 12.7 Å². The monoisotopic (exact) mass is 141 g/mol. The minimum Gasteiger partial charge on any atom is -0.373 e. The van der Waals surface area contributed by atoms with Crippen LogP contribution in [0.15, 0.2) is 0 Å². The second-order valence-electron chi connectivity index (χ2n) is 3.69. The van der Waals surface area contributed by atoms with Crippen molar-refractivity contribution >= 4 is 0 Å². The number of epoxide rings is 1. The van der Waals surface area contributed by atoms with Crippen LogP contribution in [0.25, 0.3) is 0 Å². The van der Waals surface area contributed by atoms with Crippen molar-refractivity contribution in [2.24, 2.45) is 11.8 Å². The van der Waals surface area contributed by atoms with E-state index in [0.717, 1.165) is 18.9 Å². The number of rotatable bonds is 4. The third kappa shape index (κ3) is 3.21. The largest absolute Gasteiger partial charge is 0.373 e. The minimum atomic E-state index is 0.557. The Labute approximate surface area is 63.8 Å². The number of hydrogen-bond acceptors (Lipinski definition) is 1. The van der Waals surface area contributed by atoms with Gasteiger partial charge in [-0.3, -0.25) is 0 Å². The van der Waals surface area contributed by atoms with E-state index < -0.39 is 0 Å². The van der Waals surface area contributed by atoms with Crippen molar-refractivity contribution in [1.82, 2.24) is 0 Å². The average Bonchev–Trinajstić information content (AvgIpc) is 2.46. The molecule has 2 unspecified atom stereocenters. The normalized spacial score (nSPS) is 27.0. The van der Waals surface area contributed by atoms with Crippen molar-refractivity contribution < 1.29 is 4.74 Å². The molecule has 0 amide bonds. The van der Waals surface area contributed by atoms with E-state index in [-0.39, 0.29) is 0 Å². The van der Waals surface area contributed by atoms with E-state index in [1.165, 1.54) is 6.42 Å². The van der Waals surface area contributed by atoms with Gasteiger partial charge in [-0.15, -0.1) is 0 Å². The van der Waals surface area contributed by atoms with E-state index in [4.69, 9.17) is 4.74 Å². The summed E-state index contributed by atoms with van der Waals surface area (Å²) in [5.41, 5.74) is 0. The molecular formula is C9H17O. The SMILES string of the molecule is [CH2]C(CC(C)C)CC1CO1. The zero-order chi connectivity index (χ0) is 7.56. The molecule has 0 spiro atoms. The smallest absolute Gasteiger partial charge is 0.0812 e. The maximum absolute atomic E-state index is 5.12. The summed E-state index contributed by atoms with van der Waals surface area (Å²) in [5, 5.41) is 0. The van der Waals surface area contributed by atoms with Crippen molar-refractivity contribution in [3.05, 3.63) is 6.92 Å². The van der Waals surface area contributed by atoms with E-state index >= 15 is 0 Å². The standard InChI is InChI=1S/C9H17O/c1-7(2)4-8(3)5-9-6-10-9/h7-9H,3-6H2,1-2H3. The molecule has 1 heteroatoms. The Kier molecular flexibility index (Phi) is 2.72. The van der Waals surface area contributed by atoms with Crippen molar-refractivity contribution in [3.63, 3.8) is 0 Å². The number of ether oxygens (including phenoxy) is 1. The highest BCUT2D eigenvalue weighted by Crippen LogP contribution is 2.23. The fourth-order valence-corrected chi connectivity index (χ4v) is 1.34. The van der Waals surface area contributed by atoms with Gasteiger partial charge in [0.2, 0.25) is 0 Å². The lowest BCUT2D eigenvalue weighted by atomic mass is 9.95. The van der Waals surface area contributed by atoms with E-state index in [0.29, 0.717) is 12.0 Å². The lowest BCUT2D eigenvalue weighted by molar-refractivity contribution is 0.350. The summed E-state index contributed by atoms with van der Waals surface area (Å²) in [7, 11) is 0. The molecule has 59 valence electrons. The van der Waals surface area contributed by atoms with Crippen LogP contribution in [0.3, 0.4) is 0 Å². The van der Waals surface area contributed by atoms with Crippen LogP contribution in [0.2, 0.25) is 0 Å². The second-order valence-corrected chi connectivity index (χ2v) is 3.69. The Hall–Kier alpha value is -0.0400.